The number of ether oxygens (including phenoxy) is 3. The Bertz CT molecular complexity index is 1260. The molecule has 0 amide bonds. The second-order valence-electron chi connectivity index (χ2n) is 20.2. The highest BCUT2D eigenvalue weighted by Gasteiger charge is 2.19. The highest BCUT2D eigenvalue weighted by molar-refractivity contribution is 5.71. The molecule has 0 aromatic heterocycles. The second-order valence-corrected chi connectivity index (χ2v) is 20.2. The van der Waals surface area contributed by atoms with Gasteiger partial charge in [0.05, 0.1) is 0 Å². The molecule has 6 heteroatoms. The molecule has 0 heterocycles. The smallest absolute Gasteiger partial charge is 0.306 e. The summed E-state index contributed by atoms with van der Waals surface area (Å²) in [6.45, 7) is 6.47. The molecule has 0 bridgehead atoms. The van der Waals surface area contributed by atoms with Crippen LogP contribution in [0.5, 0.6) is 0 Å². The summed E-state index contributed by atoms with van der Waals surface area (Å²) in [5.74, 6) is -0.902. The van der Waals surface area contributed by atoms with Crippen molar-refractivity contribution in [2.75, 3.05) is 13.2 Å². The van der Waals surface area contributed by atoms with Gasteiger partial charge in [0.2, 0.25) is 0 Å². The molecule has 0 spiro atoms. The molecule has 0 aliphatic rings. The van der Waals surface area contributed by atoms with Crippen molar-refractivity contribution in [3.8, 4) is 0 Å². The summed E-state index contributed by atoms with van der Waals surface area (Å²) in [6, 6.07) is 0. The van der Waals surface area contributed by atoms with Crippen LogP contribution < -0.4 is 0 Å². The Labute approximate surface area is 434 Å². The maximum atomic E-state index is 12.8. The van der Waals surface area contributed by atoms with Gasteiger partial charge in [0.15, 0.2) is 6.10 Å². The first-order valence-corrected chi connectivity index (χ1v) is 30.3. The van der Waals surface area contributed by atoms with E-state index in [9.17, 15) is 14.4 Å². The molecule has 0 fully saturated rings. The first kappa shape index (κ1) is 67.1. The molecular weight excluding hydrogens is 865 g/mol. The molecule has 70 heavy (non-hydrogen) atoms. The lowest BCUT2D eigenvalue weighted by Crippen LogP contribution is -2.30. The Hall–Kier alpha value is -2.89. The molecule has 1 unspecified atom stereocenters. The normalized spacial score (nSPS) is 12.4. The highest BCUT2D eigenvalue weighted by Crippen LogP contribution is 2.17. The van der Waals surface area contributed by atoms with Crippen LogP contribution in [0.4, 0.5) is 0 Å². The molecule has 0 aliphatic carbocycles. The number of hydrogen-bond acceptors (Lipinski definition) is 6. The quantitative estimate of drug-likeness (QED) is 0.0261. The molecular formula is C64H114O6. The number of carbonyl (C=O) groups is 3. The van der Waals surface area contributed by atoms with Crippen molar-refractivity contribution >= 4 is 17.9 Å². The van der Waals surface area contributed by atoms with Gasteiger partial charge in [-0.1, -0.05) is 274 Å². The molecule has 6 nitrogen and oxygen atoms in total. The first-order chi connectivity index (χ1) is 34.5. The molecule has 0 aromatic rings. The van der Waals surface area contributed by atoms with Crippen LogP contribution in [0.25, 0.3) is 0 Å². The molecule has 1 atom stereocenters. The fraction of sp³-hybridized carbons (Fsp3) is 0.797. The zero-order chi connectivity index (χ0) is 50.7. The van der Waals surface area contributed by atoms with Crippen molar-refractivity contribution in [3.05, 3.63) is 60.8 Å². The SMILES string of the molecule is CC/C=C\C/C=C\C/C=C\CCCCCCCC(=O)OC(COC(=O)CCCCCCC/C=C\C/C=C\CCC)COC(=O)CCCCCCCCCCCCCCCCCCCCCCCCCC. The molecule has 0 N–H and O–H groups in total. The maximum absolute atomic E-state index is 12.8. The summed E-state index contributed by atoms with van der Waals surface area (Å²) in [5.41, 5.74) is 0. The largest absolute Gasteiger partial charge is 0.462 e. The van der Waals surface area contributed by atoms with Crippen LogP contribution in [0.15, 0.2) is 60.8 Å². The van der Waals surface area contributed by atoms with E-state index >= 15 is 0 Å². The fourth-order valence-electron chi connectivity index (χ4n) is 8.73. The second kappa shape index (κ2) is 58.7. The third kappa shape index (κ3) is 56.0. The minimum absolute atomic E-state index is 0.0834. The van der Waals surface area contributed by atoms with Gasteiger partial charge in [-0.3, -0.25) is 14.4 Å². The number of unbranched alkanes of at least 4 members (excludes halogenated alkanes) is 34. The number of esters is 3. The highest BCUT2D eigenvalue weighted by atomic mass is 16.6. The van der Waals surface area contributed by atoms with Gasteiger partial charge in [0.1, 0.15) is 13.2 Å². The summed E-state index contributed by atoms with van der Waals surface area (Å²) in [6.07, 6.45) is 73.7. The predicted octanol–water partition coefficient (Wildman–Crippen LogP) is 20.4. The van der Waals surface area contributed by atoms with E-state index in [2.05, 4.69) is 81.5 Å². The molecule has 0 saturated heterocycles. The summed E-state index contributed by atoms with van der Waals surface area (Å²) >= 11 is 0. The minimum Gasteiger partial charge on any atom is -0.462 e. The van der Waals surface area contributed by atoms with Crippen molar-refractivity contribution < 1.29 is 28.6 Å². The van der Waals surface area contributed by atoms with Gasteiger partial charge in [-0.2, -0.15) is 0 Å². The van der Waals surface area contributed by atoms with Crippen molar-refractivity contribution in [3.63, 3.8) is 0 Å². The van der Waals surface area contributed by atoms with E-state index in [0.717, 1.165) is 122 Å². The van der Waals surface area contributed by atoms with Gasteiger partial charge in [-0.05, 0) is 77.0 Å². The number of rotatable bonds is 55. The van der Waals surface area contributed by atoms with E-state index in [1.807, 2.05) is 0 Å². The molecule has 0 aliphatic heterocycles. The van der Waals surface area contributed by atoms with E-state index < -0.39 is 6.10 Å². The van der Waals surface area contributed by atoms with Crippen molar-refractivity contribution in [1.29, 1.82) is 0 Å². The number of allylic oxidation sites excluding steroid dienone is 10. The van der Waals surface area contributed by atoms with Gasteiger partial charge >= 0.3 is 17.9 Å². The van der Waals surface area contributed by atoms with Crippen LogP contribution in [0.1, 0.15) is 310 Å². The maximum Gasteiger partial charge on any atom is 0.306 e. The van der Waals surface area contributed by atoms with Gasteiger partial charge in [-0.15, -0.1) is 0 Å². The van der Waals surface area contributed by atoms with Crippen molar-refractivity contribution in [2.45, 2.75) is 316 Å². The third-order valence-electron chi connectivity index (χ3n) is 13.2. The zero-order valence-corrected chi connectivity index (χ0v) is 46.5. The van der Waals surface area contributed by atoms with Crippen molar-refractivity contribution in [1.82, 2.24) is 0 Å². The lowest BCUT2D eigenvalue weighted by molar-refractivity contribution is -0.167. The Morgan fingerprint density at radius 3 is 0.929 bits per heavy atom. The zero-order valence-electron chi connectivity index (χ0n) is 46.5. The first-order valence-electron chi connectivity index (χ1n) is 30.3. The van der Waals surface area contributed by atoms with Gasteiger partial charge < -0.3 is 14.2 Å². The van der Waals surface area contributed by atoms with E-state index in [4.69, 9.17) is 14.2 Å². The van der Waals surface area contributed by atoms with Crippen LogP contribution in [0.3, 0.4) is 0 Å². The average molecular weight is 980 g/mol. The average Bonchev–Trinajstić information content (AvgIpc) is 3.36. The molecule has 0 radical (unpaired) electrons. The van der Waals surface area contributed by atoms with Gasteiger partial charge in [-0.25, -0.2) is 0 Å². The molecule has 0 aromatic carbocycles. The Morgan fingerprint density at radius 1 is 0.300 bits per heavy atom. The summed E-state index contributed by atoms with van der Waals surface area (Å²) in [5, 5.41) is 0. The van der Waals surface area contributed by atoms with Crippen LogP contribution >= 0.6 is 0 Å². The van der Waals surface area contributed by atoms with Crippen molar-refractivity contribution in [2.24, 2.45) is 0 Å². The van der Waals surface area contributed by atoms with Gasteiger partial charge in [0, 0.05) is 19.3 Å². The Balaban J connectivity index is 4.27. The molecule has 0 saturated carbocycles. The Morgan fingerprint density at radius 2 is 0.586 bits per heavy atom. The standard InChI is InChI=1S/C64H114O6/c1-4-7-10-13-16-19-22-25-27-28-29-30-31-32-33-34-35-37-39-42-45-48-51-54-57-63(66)69-60-61(59-68-62(65)56-53-50-47-44-41-38-24-21-18-15-12-9-6-3)70-64(67)58-55-52-49-46-43-40-36-26-23-20-17-14-11-8-5-2/h8,11-12,15,17,20-21,24,26,36,61H,4-7,9-10,13-14,16,18-19,22-23,25,27-35,37-60H2,1-3H3/b11-8-,15-12-,20-17-,24-21-,36-26-. The lowest BCUT2D eigenvalue weighted by atomic mass is 10.0. The molecule has 0 rings (SSSR count). The summed E-state index contributed by atoms with van der Waals surface area (Å²) in [4.78, 5) is 38.2. The molecule has 406 valence electrons. The van der Waals surface area contributed by atoms with Crippen LogP contribution in [-0.2, 0) is 28.6 Å². The van der Waals surface area contributed by atoms with Crippen LogP contribution in [0, 0.1) is 0 Å². The minimum atomic E-state index is -0.788. The fourth-order valence-corrected chi connectivity index (χ4v) is 8.73. The van der Waals surface area contributed by atoms with E-state index in [-0.39, 0.29) is 31.1 Å². The number of carbonyl (C=O) groups excluding carboxylic acids is 3. The number of hydrogen-bond donors (Lipinski definition) is 0. The van der Waals surface area contributed by atoms with Crippen LogP contribution in [-0.4, -0.2) is 37.2 Å². The van der Waals surface area contributed by atoms with E-state index in [1.165, 1.54) is 148 Å². The van der Waals surface area contributed by atoms with Crippen LogP contribution in [0.2, 0.25) is 0 Å². The van der Waals surface area contributed by atoms with E-state index in [0.29, 0.717) is 19.3 Å². The lowest BCUT2D eigenvalue weighted by Gasteiger charge is -2.18. The summed E-state index contributed by atoms with van der Waals surface area (Å²) in [7, 11) is 0. The summed E-state index contributed by atoms with van der Waals surface area (Å²) < 4.78 is 16.9. The predicted molar refractivity (Wildman–Crippen MR) is 302 cm³/mol. The van der Waals surface area contributed by atoms with E-state index in [1.54, 1.807) is 0 Å². The Kier molecular flexibility index (Phi) is 56.3. The monoisotopic (exact) mass is 979 g/mol. The van der Waals surface area contributed by atoms with Gasteiger partial charge in [0.25, 0.3) is 0 Å². The third-order valence-corrected chi connectivity index (χ3v) is 13.2. The topological polar surface area (TPSA) is 78.9 Å².